The van der Waals surface area contributed by atoms with Gasteiger partial charge in [0.15, 0.2) is 5.69 Å². The molecule has 1 aromatic heterocycles. The largest absolute Gasteiger partial charge is 0.496 e. The summed E-state index contributed by atoms with van der Waals surface area (Å²) in [5, 5.41) is 7.20. The second-order valence-corrected chi connectivity index (χ2v) is 5.33. The van der Waals surface area contributed by atoms with Gasteiger partial charge in [0.25, 0.3) is 5.91 Å². The molecule has 0 radical (unpaired) electrons. The van der Waals surface area contributed by atoms with Crippen molar-refractivity contribution in [3.8, 4) is 17.0 Å². The van der Waals surface area contributed by atoms with Crippen LogP contribution in [0.5, 0.6) is 5.75 Å². The number of aromatic nitrogens is 2. The first kappa shape index (κ1) is 16.1. The van der Waals surface area contributed by atoms with Gasteiger partial charge < -0.3 is 10.1 Å². The van der Waals surface area contributed by atoms with Crippen molar-refractivity contribution < 1.29 is 9.53 Å². The van der Waals surface area contributed by atoms with Gasteiger partial charge in [-0.25, -0.2) is 0 Å². The van der Waals surface area contributed by atoms with Gasteiger partial charge in [0.2, 0.25) is 0 Å². The average molecular weight is 301 g/mol. The van der Waals surface area contributed by atoms with E-state index in [1.165, 1.54) is 0 Å². The van der Waals surface area contributed by atoms with Crippen molar-refractivity contribution in [3.63, 3.8) is 0 Å². The predicted molar refractivity (Wildman–Crippen MR) is 87.2 cm³/mol. The molecule has 5 heteroatoms. The first-order valence-electron chi connectivity index (χ1n) is 7.54. The molecule has 2 rings (SSSR count). The minimum Gasteiger partial charge on any atom is -0.496 e. The molecule has 0 aliphatic carbocycles. The minimum absolute atomic E-state index is 0.125. The fourth-order valence-electron chi connectivity index (χ4n) is 2.36. The molecule has 0 aliphatic rings. The van der Waals surface area contributed by atoms with Gasteiger partial charge in [0.1, 0.15) is 5.75 Å². The number of carbonyl (C=O) groups is 1. The van der Waals surface area contributed by atoms with Gasteiger partial charge >= 0.3 is 0 Å². The van der Waals surface area contributed by atoms with Crippen molar-refractivity contribution in [2.75, 3.05) is 13.7 Å². The van der Waals surface area contributed by atoms with Gasteiger partial charge in [-0.15, -0.1) is 0 Å². The van der Waals surface area contributed by atoms with Crippen LogP contribution in [-0.2, 0) is 7.05 Å². The van der Waals surface area contributed by atoms with Crippen LogP contribution in [0.25, 0.3) is 11.3 Å². The number of hydrogen-bond acceptors (Lipinski definition) is 3. The lowest BCUT2D eigenvalue weighted by Gasteiger charge is -2.07. The molecule has 1 amide bonds. The Hall–Kier alpha value is -2.30. The summed E-state index contributed by atoms with van der Waals surface area (Å²) in [4.78, 5) is 12.1. The SMILES string of the molecule is CCCCNC(=O)c1cc(-c2ccc(OC)c(C)c2)n(C)n1. The Labute approximate surface area is 131 Å². The standard InChI is InChI=1S/C17H23N3O2/c1-5-6-9-18-17(21)14-11-15(20(3)19-14)13-7-8-16(22-4)12(2)10-13/h7-8,10-11H,5-6,9H2,1-4H3,(H,18,21). The van der Waals surface area contributed by atoms with Crippen molar-refractivity contribution in [3.05, 3.63) is 35.5 Å². The first-order valence-corrected chi connectivity index (χ1v) is 7.54. The fraction of sp³-hybridized carbons (Fsp3) is 0.412. The van der Waals surface area contributed by atoms with E-state index in [4.69, 9.17) is 4.74 Å². The molecular formula is C17H23N3O2. The molecule has 0 fully saturated rings. The molecule has 1 N–H and O–H groups in total. The van der Waals surface area contributed by atoms with Gasteiger partial charge in [-0.2, -0.15) is 5.10 Å². The number of carbonyl (C=O) groups excluding carboxylic acids is 1. The van der Waals surface area contributed by atoms with Crippen molar-refractivity contribution in [2.45, 2.75) is 26.7 Å². The molecule has 22 heavy (non-hydrogen) atoms. The molecule has 118 valence electrons. The molecule has 2 aromatic rings. The van der Waals surface area contributed by atoms with E-state index >= 15 is 0 Å². The van der Waals surface area contributed by atoms with E-state index < -0.39 is 0 Å². The summed E-state index contributed by atoms with van der Waals surface area (Å²) in [6.07, 6.45) is 2.03. The van der Waals surface area contributed by atoms with E-state index in [0.717, 1.165) is 35.4 Å². The maximum absolute atomic E-state index is 12.1. The van der Waals surface area contributed by atoms with Gasteiger partial charge in [-0.1, -0.05) is 13.3 Å². The Bertz CT molecular complexity index is 662. The van der Waals surface area contributed by atoms with Crippen LogP contribution in [0.15, 0.2) is 24.3 Å². The quantitative estimate of drug-likeness (QED) is 0.835. The third-order valence-electron chi connectivity index (χ3n) is 3.62. The lowest BCUT2D eigenvalue weighted by molar-refractivity contribution is 0.0947. The number of rotatable bonds is 6. The Balaban J connectivity index is 2.22. The van der Waals surface area contributed by atoms with E-state index in [2.05, 4.69) is 17.3 Å². The molecular weight excluding hydrogens is 278 g/mol. The number of ether oxygens (including phenoxy) is 1. The van der Waals surface area contributed by atoms with Crippen LogP contribution in [0.1, 0.15) is 35.8 Å². The molecule has 1 aromatic carbocycles. The summed E-state index contributed by atoms with van der Waals surface area (Å²) in [6.45, 7) is 4.77. The predicted octanol–water partition coefficient (Wildman–Crippen LogP) is 2.93. The molecule has 0 unspecified atom stereocenters. The highest BCUT2D eigenvalue weighted by Gasteiger charge is 2.14. The molecule has 0 atom stereocenters. The van der Waals surface area contributed by atoms with E-state index in [0.29, 0.717) is 12.2 Å². The number of amides is 1. The van der Waals surface area contributed by atoms with Crippen LogP contribution in [-0.4, -0.2) is 29.3 Å². The zero-order valence-electron chi connectivity index (χ0n) is 13.6. The summed E-state index contributed by atoms with van der Waals surface area (Å²) in [5.74, 6) is 0.726. The van der Waals surface area contributed by atoms with Crippen molar-refractivity contribution in [1.29, 1.82) is 0 Å². The first-order chi connectivity index (χ1) is 10.6. The van der Waals surface area contributed by atoms with Crippen LogP contribution in [0, 0.1) is 6.92 Å². The number of aryl methyl sites for hydroxylation is 2. The third kappa shape index (κ3) is 3.47. The van der Waals surface area contributed by atoms with Gasteiger partial charge in [-0.05, 0) is 43.2 Å². The number of hydrogen-bond donors (Lipinski definition) is 1. The van der Waals surface area contributed by atoms with E-state index in [9.17, 15) is 4.79 Å². The van der Waals surface area contributed by atoms with Crippen molar-refractivity contribution in [1.82, 2.24) is 15.1 Å². The number of unbranched alkanes of at least 4 members (excludes halogenated alkanes) is 1. The summed E-state index contributed by atoms with van der Waals surface area (Å²) < 4.78 is 7.01. The van der Waals surface area contributed by atoms with E-state index in [1.807, 2.05) is 38.2 Å². The molecule has 0 spiro atoms. The van der Waals surface area contributed by atoms with Gasteiger partial charge in [0.05, 0.1) is 12.8 Å². The van der Waals surface area contributed by atoms with Crippen LogP contribution < -0.4 is 10.1 Å². The van der Waals surface area contributed by atoms with Gasteiger partial charge in [-0.3, -0.25) is 9.48 Å². The maximum Gasteiger partial charge on any atom is 0.271 e. The van der Waals surface area contributed by atoms with Crippen LogP contribution in [0.4, 0.5) is 0 Å². The summed E-state index contributed by atoms with van der Waals surface area (Å²) in [5.41, 5.74) is 3.42. The molecule has 0 bridgehead atoms. The van der Waals surface area contributed by atoms with Crippen LogP contribution in [0.2, 0.25) is 0 Å². The number of nitrogens with zero attached hydrogens (tertiary/aromatic N) is 2. The Morgan fingerprint density at radius 2 is 2.14 bits per heavy atom. The third-order valence-corrected chi connectivity index (χ3v) is 3.62. The molecule has 1 heterocycles. The Morgan fingerprint density at radius 3 is 2.77 bits per heavy atom. The lowest BCUT2D eigenvalue weighted by atomic mass is 10.1. The lowest BCUT2D eigenvalue weighted by Crippen LogP contribution is -2.24. The fourth-order valence-corrected chi connectivity index (χ4v) is 2.36. The van der Waals surface area contributed by atoms with Crippen LogP contribution >= 0.6 is 0 Å². The number of nitrogens with one attached hydrogen (secondary N) is 1. The molecule has 0 saturated heterocycles. The molecule has 5 nitrogen and oxygen atoms in total. The Kier molecular flexibility index (Phi) is 5.20. The summed E-state index contributed by atoms with van der Waals surface area (Å²) >= 11 is 0. The average Bonchev–Trinajstić information content (AvgIpc) is 2.89. The summed E-state index contributed by atoms with van der Waals surface area (Å²) in [7, 11) is 3.50. The highest BCUT2D eigenvalue weighted by atomic mass is 16.5. The van der Waals surface area contributed by atoms with E-state index in [1.54, 1.807) is 11.8 Å². The Morgan fingerprint density at radius 1 is 1.36 bits per heavy atom. The number of methoxy groups -OCH3 is 1. The maximum atomic E-state index is 12.1. The highest BCUT2D eigenvalue weighted by Crippen LogP contribution is 2.26. The minimum atomic E-state index is -0.125. The van der Waals surface area contributed by atoms with Crippen LogP contribution in [0.3, 0.4) is 0 Å². The van der Waals surface area contributed by atoms with Crippen molar-refractivity contribution in [2.24, 2.45) is 7.05 Å². The topological polar surface area (TPSA) is 56.1 Å². The highest BCUT2D eigenvalue weighted by molar-refractivity contribution is 5.93. The zero-order valence-corrected chi connectivity index (χ0v) is 13.6. The smallest absolute Gasteiger partial charge is 0.271 e. The number of benzene rings is 1. The summed E-state index contributed by atoms with van der Waals surface area (Å²) in [6, 6.07) is 7.76. The van der Waals surface area contributed by atoms with Crippen molar-refractivity contribution >= 4 is 5.91 Å². The normalized spacial score (nSPS) is 10.5. The zero-order chi connectivity index (χ0) is 16.1. The van der Waals surface area contributed by atoms with Gasteiger partial charge in [0, 0.05) is 19.2 Å². The van der Waals surface area contributed by atoms with E-state index in [-0.39, 0.29) is 5.91 Å². The molecule has 0 saturated carbocycles. The monoisotopic (exact) mass is 301 g/mol. The second kappa shape index (κ2) is 7.11. The second-order valence-electron chi connectivity index (χ2n) is 5.33. The molecule has 0 aliphatic heterocycles.